The molecule has 0 saturated carbocycles. The first-order valence-corrected chi connectivity index (χ1v) is 8.81. The third-order valence-electron chi connectivity index (χ3n) is 4.29. The summed E-state index contributed by atoms with van der Waals surface area (Å²) in [6, 6.07) is 8.52. The van der Waals surface area contributed by atoms with Crippen LogP contribution in [0.4, 0.5) is 0 Å². The molecule has 0 bridgehead atoms. The predicted octanol–water partition coefficient (Wildman–Crippen LogP) is 2.48. The van der Waals surface area contributed by atoms with Crippen molar-refractivity contribution in [1.82, 2.24) is 19.6 Å². The maximum atomic E-state index is 4.72. The topological polar surface area (TPSA) is 24.3 Å². The number of fused-ring (bicyclic) bond motifs is 1. The van der Waals surface area contributed by atoms with Crippen LogP contribution in [-0.4, -0.2) is 57.6 Å². The van der Waals surface area contributed by atoms with Crippen LogP contribution in [0.2, 0.25) is 0 Å². The molecule has 0 unspecified atom stereocenters. The molecule has 2 heterocycles. The van der Waals surface area contributed by atoms with Crippen LogP contribution in [0.5, 0.6) is 0 Å². The smallest absolute Gasteiger partial charge is 0.0843 e. The van der Waals surface area contributed by atoms with Crippen molar-refractivity contribution in [3.05, 3.63) is 30.0 Å². The summed E-state index contributed by atoms with van der Waals surface area (Å²) in [6.07, 6.45) is 1.25. The Labute approximate surface area is 134 Å². The highest BCUT2D eigenvalue weighted by atomic mass is 79.9. The van der Waals surface area contributed by atoms with Crippen molar-refractivity contribution in [2.45, 2.75) is 13.0 Å². The van der Waals surface area contributed by atoms with Gasteiger partial charge in [0.05, 0.1) is 11.2 Å². The summed E-state index contributed by atoms with van der Waals surface area (Å²) in [7, 11) is 2.03. The second-order valence-corrected chi connectivity index (χ2v) is 6.54. The van der Waals surface area contributed by atoms with Crippen molar-refractivity contribution in [2.24, 2.45) is 7.05 Å². The highest BCUT2D eigenvalue weighted by molar-refractivity contribution is 9.09. The molecule has 0 N–H and O–H groups in total. The molecule has 0 amide bonds. The van der Waals surface area contributed by atoms with Gasteiger partial charge in [-0.1, -0.05) is 34.1 Å². The zero-order valence-electron chi connectivity index (χ0n) is 12.6. The lowest BCUT2D eigenvalue weighted by atomic mass is 10.2. The molecule has 1 saturated heterocycles. The van der Waals surface area contributed by atoms with Gasteiger partial charge in [-0.05, 0) is 25.6 Å². The molecule has 0 atom stereocenters. The molecule has 1 aliphatic rings. The molecule has 21 heavy (non-hydrogen) atoms. The van der Waals surface area contributed by atoms with Gasteiger partial charge in [0.2, 0.25) is 0 Å². The molecule has 2 aromatic rings. The highest BCUT2D eigenvalue weighted by Gasteiger charge is 2.17. The first kappa shape index (κ1) is 15.0. The lowest BCUT2D eigenvalue weighted by Crippen LogP contribution is -2.31. The van der Waals surface area contributed by atoms with Crippen molar-refractivity contribution in [2.75, 3.05) is 38.1 Å². The van der Waals surface area contributed by atoms with Crippen molar-refractivity contribution >= 4 is 26.8 Å². The standard InChI is InChI=1S/C16H23BrN4/c1-19-16-6-3-2-5-14(16)15(18-19)13-21-9-4-8-20(10-7-17)11-12-21/h2-3,5-6H,4,7-13H2,1H3. The second-order valence-electron chi connectivity index (χ2n) is 5.75. The van der Waals surface area contributed by atoms with Crippen LogP contribution < -0.4 is 0 Å². The van der Waals surface area contributed by atoms with Gasteiger partial charge in [0.1, 0.15) is 0 Å². The lowest BCUT2D eigenvalue weighted by molar-refractivity contribution is 0.256. The molecule has 1 aromatic heterocycles. The summed E-state index contributed by atoms with van der Waals surface area (Å²) in [5.74, 6) is 0. The van der Waals surface area contributed by atoms with Gasteiger partial charge in [0.25, 0.3) is 0 Å². The molecule has 4 nitrogen and oxygen atoms in total. The Morgan fingerprint density at radius 2 is 1.86 bits per heavy atom. The molecule has 114 valence electrons. The number of aromatic nitrogens is 2. The fourth-order valence-corrected chi connectivity index (χ4v) is 3.64. The molecule has 0 radical (unpaired) electrons. The number of hydrogen-bond donors (Lipinski definition) is 0. The van der Waals surface area contributed by atoms with Gasteiger partial charge in [0, 0.05) is 43.9 Å². The molecule has 1 aliphatic heterocycles. The number of nitrogens with zero attached hydrogens (tertiary/aromatic N) is 4. The highest BCUT2D eigenvalue weighted by Crippen LogP contribution is 2.19. The van der Waals surface area contributed by atoms with Crippen molar-refractivity contribution < 1.29 is 0 Å². The van der Waals surface area contributed by atoms with E-state index in [9.17, 15) is 0 Å². The number of para-hydroxylation sites is 1. The van der Waals surface area contributed by atoms with E-state index in [0.717, 1.165) is 31.5 Å². The Morgan fingerprint density at radius 3 is 2.71 bits per heavy atom. The summed E-state index contributed by atoms with van der Waals surface area (Å²) in [5, 5.41) is 7.08. The largest absolute Gasteiger partial charge is 0.301 e. The van der Waals surface area contributed by atoms with Crippen LogP contribution in [0.15, 0.2) is 24.3 Å². The van der Waals surface area contributed by atoms with Crippen molar-refractivity contribution in [1.29, 1.82) is 0 Å². The van der Waals surface area contributed by atoms with Gasteiger partial charge in [-0.3, -0.25) is 9.58 Å². The van der Waals surface area contributed by atoms with Crippen molar-refractivity contribution in [3.8, 4) is 0 Å². The van der Waals surface area contributed by atoms with Gasteiger partial charge in [0.15, 0.2) is 0 Å². The van der Waals surface area contributed by atoms with Gasteiger partial charge in [-0.2, -0.15) is 5.10 Å². The SMILES string of the molecule is Cn1nc(CN2CCCN(CCBr)CC2)c2ccccc21. The molecular formula is C16H23BrN4. The van der Waals surface area contributed by atoms with Crippen LogP contribution in [0.3, 0.4) is 0 Å². The normalized spacial score (nSPS) is 18.2. The van der Waals surface area contributed by atoms with Crippen LogP contribution in [0.1, 0.15) is 12.1 Å². The fourth-order valence-electron chi connectivity index (χ4n) is 3.14. The lowest BCUT2D eigenvalue weighted by Gasteiger charge is -2.20. The third kappa shape index (κ3) is 3.47. The number of hydrogen-bond acceptors (Lipinski definition) is 3. The molecule has 3 rings (SSSR count). The van der Waals surface area contributed by atoms with E-state index in [1.165, 1.54) is 36.1 Å². The van der Waals surface area contributed by atoms with E-state index >= 15 is 0 Å². The number of halogens is 1. The summed E-state index contributed by atoms with van der Waals surface area (Å²) >= 11 is 3.54. The van der Waals surface area contributed by atoms with Gasteiger partial charge < -0.3 is 4.90 Å². The van der Waals surface area contributed by atoms with Crippen LogP contribution in [0.25, 0.3) is 10.9 Å². The van der Waals surface area contributed by atoms with Gasteiger partial charge in [-0.15, -0.1) is 0 Å². The molecular weight excluding hydrogens is 328 g/mol. The summed E-state index contributed by atoms with van der Waals surface area (Å²) < 4.78 is 2.00. The first-order valence-electron chi connectivity index (χ1n) is 7.69. The Balaban J connectivity index is 1.71. The monoisotopic (exact) mass is 350 g/mol. The first-order chi connectivity index (χ1) is 10.3. The summed E-state index contributed by atoms with van der Waals surface area (Å²) in [6.45, 7) is 6.80. The minimum atomic E-state index is 0.962. The summed E-state index contributed by atoms with van der Waals surface area (Å²) in [4.78, 5) is 5.09. The van der Waals surface area contributed by atoms with E-state index in [4.69, 9.17) is 5.10 Å². The minimum Gasteiger partial charge on any atom is -0.301 e. The summed E-state index contributed by atoms with van der Waals surface area (Å²) in [5.41, 5.74) is 2.44. The number of benzene rings is 1. The number of aryl methyl sites for hydroxylation is 1. The molecule has 5 heteroatoms. The van der Waals surface area contributed by atoms with E-state index in [2.05, 4.69) is 50.0 Å². The maximum absolute atomic E-state index is 4.72. The Bertz CT molecular complexity index is 595. The van der Waals surface area contributed by atoms with Crippen LogP contribution >= 0.6 is 15.9 Å². The third-order valence-corrected chi connectivity index (χ3v) is 4.64. The molecule has 1 fully saturated rings. The van der Waals surface area contributed by atoms with Crippen LogP contribution in [0, 0.1) is 0 Å². The Kier molecular flexibility index (Phi) is 4.93. The van der Waals surface area contributed by atoms with E-state index in [1.807, 2.05) is 11.7 Å². The number of rotatable bonds is 4. The quantitative estimate of drug-likeness (QED) is 0.791. The predicted molar refractivity (Wildman–Crippen MR) is 90.8 cm³/mol. The van der Waals surface area contributed by atoms with E-state index < -0.39 is 0 Å². The molecule has 0 aliphatic carbocycles. The van der Waals surface area contributed by atoms with Gasteiger partial charge in [-0.25, -0.2) is 0 Å². The average molecular weight is 351 g/mol. The van der Waals surface area contributed by atoms with Gasteiger partial charge >= 0.3 is 0 Å². The molecule has 0 spiro atoms. The van der Waals surface area contributed by atoms with E-state index in [0.29, 0.717) is 0 Å². The molecule has 1 aromatic carbocycles. The zero-order chi connectivity index (χ0) is 14.7. The van der Waals surface area contributed by atoms with E-state index in [-0.39, 0.29) is 0 Å². The minimum absolute atomic E-state index is 0.962. The number of alkyl halides is 1. The van der Waals surface area contributed by atoms with E-state index in [1.54, 1.807) is 0 Å². The zero-order valence-corrected chi connectivity index (χ0v) is 14.2. The van der Waals surface area contributed by atoms with Crippen molar-refractivity contribution in [3.63, 3.8) is 0 Å². The second kappa shape index (κ2) is 6.90. The maximum Gasteiger partial charge on any atom is 0.0843 e. The van der Waals surface area contributed by atoms with Crippen LogP contribution in [-0.2, 0) is 13.6 Å². The average Bonchev–Trinajstić information content (AvgIpc) is 2.67. The fraction of sp³-hybridized carbons (Fsp3) is 0.562. The Hall–Kier alpha value is -0.910. The Morgan fingerprint density at radius 1 is 1.10 bits per heavy atom.